The second-order valence-electron chi connectivity index (χ2n) is 8.10. The maximum absolute atomic E-state index is 5.56. The van der Waals surface area contributed by atoms with E-state index in [9.17, 15) is 0 Å². The van der Waals surface area contributed by atoms with Gasteiger partial charge in [0, 0.05) is 43.5 Å². The number of thiocarbonyl (C=S) groups is 1. The molecule has 0 atom stereocenters. The maximum Gasteiger partial charge on any atom is 0.203 e. The molecule has 0 aliphatic carbocycles. The Morgan fingerprint density at radius 3 is 1.66 bits per heavy atom. The van der Waals surface area contributed by atoms with Crippen LogP contribution < -0.4 is 39.1 Å². The van der Waals surface area contributed by atoms with E-state index in [1.54, 1.807) is 42.7 Å². The highest BCUT2D eigenvalue weighted by Gasteiger charge is 2.22. The second-order valence-corrected chi connectivity index (χ2v) is 8.50. The number of methoxy groups -OCH3 is 6. The zero-order valence-corrected chi connectivity index (χ0v) is 22.0. The van der Waals surface area contributed by atoms with Crippen molar-refractivity contribution in [1.82, 2.24) is 10.2 Å². The van der Waals surface area contributed by atoms with Crippen LogP contribution in [0.25, 0.3) is 0 Å². The van der Waals surface area contributed by atoms with Crippen LogP contribution in [0.5, 0.6) is 34.5 Å². The van der Waals surface area contributed by atoms with E-state index < -0.39 is 0 Å². The molecular weight excluding hydrogens is 470 g/mol. The third kappa shape index (κ3) is 6.52. The number of hydrogen-bond acceptors (Lipinski definition) is 8. The van der Waals surface area contributed by atoms with Gasteiger partial charge in [0.1, 0.15) is 0 Å². The fourth-order valence-corrected chi connectivity index (χ4v) is 4.51. The first kappa shape index (κ1) is 26.5. The molecule has 2 aromatic rings. The summed E-state index contributed by atoms with van der Waals surface area (Å²) >= 11 is 5.56. The summed E-state index contributed by atoms with van der Waals surface area (Å²) in [6.45, 7) is 2.69. The Hall–Kier alpha value is -3.11. The summed E-state index contributed by atoms with van der Waals surface area (Å²) in [7, 11) is 9.62. The van der Waals surface area contributed by atoms with E-state index in [1.165, 1.54) is 0 Å². The Morgan fingerprint density at radius 1 is 0.771 bits per heavy atom. The number of hydrogen-bond donors (Lipinski definition) is 2. The van der Waals surface area contributed by atoms with Gasteiger partial charge in [-0.25, -0.2) is 0 Å². The summed E-state index contributed by atoms with van der Waals surface area (Å²) < 4.78 is 32.6. The molecule has 1 heterocycles. The first-order chi connectivity index (χ1) is 17.0. The van der Waals surface area contributed by atoms with Gasteiger partial charge in [-0.15, -0.1) is 0 Å². The summed E-state index contributed by atoms with van der Waals surface area (Å²) in [5.74, 6) is 3.62. The van der Waals surface area contributed by atoms with Gasteiger partial charge in [0.15, 0.2) is 28.1 Å². The van der Waals surface area contributed by atoms with Crippen molar-refractivity contribution in [3.63, 3.8) is 0 Å². The number of nitrogens with zero attached hydrogens (tertiary/aromatic N) is 1. The molecule has 0 bridgehead atoms. The van der Waals surface area contributed by atoms with Crippen molar-refractivity contribution in [3.8, 4) is 34.5 Å². The van der Waals surface area contributed by atoms with Crippen molar-refractivity contribution in [2.75, 3.05) is 61.1 Å². The number of likely N-dealkylation sites (tertiary alicyclic amines) is 1. The van der Waals surface area contributed by atoms with E-state index in [4.69, 9.17) is 40.6 Å². The van der Waals surface area contributed by atoms with Crippen LogP contribution >= 0.6 is 12.2 Å². The molecule has 35 heavy (non-hydrogen) atoms. The molecule has 0 unspecified atom stereocenters. The molecule has 1 saturated heterocycles. The maximum atomic E-state index is 5.56. The summed E-state index contributed by atoms with van der Waals surface area (Å²) in [6.07, 6.45) is 1.95. The topological polar surface area (TPSA) is 82.7 Å². The Kier molecular flexibility index (Phi) is 9.50. The summed E-state index contributed by atoms with van der Waals surface area (Å²) in [6, 6.07) is 7.95. The Labute approximate surface area is 212 Å². The molecule has 0 saturated carbocycles. The number of anilines is 1. The van der Waals surface area contributed by atoms with Crippen molar-refractivity contribution >= 4 is 23.0 Å². The molecule has 1 aliphatic rings. The van der Waals surface area contributed by atoms with E-state index in [0.717, 1.165) is 43.7 Å². The van der Waals surface area contributed by atoms with E-state index >= 15 is 0 Å². The molecule has 0 amide bonds. The number of piperidine rings is 1. The zero-order valence-electron chi connectivity index (χ0n) is 21.2. The van der Waals surface area contributed by atoms with Gasteiger partial charge in [-0.1, -0.05) is 0 Å². The number of rotatable bonds is 10. The Bertz CT molecular complexity index is 961. The highest BCUT2D eigenvalue weighted by molar-refractivity contribution is 7.80. The fraction of sp³-hybridized carbons (Fsp3) is 0.480. The molecule has 2 N–H and O–H groups in total. The second kappa shape index (κ2) is 12.6. The third-order valence-corrected chi connectivity index (χ3v) is 6.20. The predicted molar refractivity (Wildman–Crippen MR) is 140 cm³/mol. The van der Waals surface area contributed by atoms with Crippen molar-refractivity contribution in [2.45, 2.75) is 25.4 Å². The predicted octanol–water partition coefficient (Wildman–Crippen LogP) is 3.69. The highest BCUT2D eigenvalue weighted by atomic mass is 32.1. The normalized spacial score (nSPS) is 14.1. The van der Waals surface area contributed by atoms with Crippen LogP contribution in [-0.2, 0) is 6.54 Å². The quantitative estimate of drug-likeness (QED) is 0.467. The van der Waals surface area contributed by atoms with Crippen LogP contribution in [0.4, 0.5) is 5.69 Å². The third-order valence-electron chi connectivity index (χ3n) is 5.98. The minimum Gasteiger partial charge on any atom is -0.493 e. The molecule has 0 spiro atoms. The van der Waals surface area contributed by atoms with Gasteiger partial charge in [0.25, 0.3) is 0 Å². The smallest absolute Gasteiger partial charge is 0.203 e. The van der Waals surface area contributed by atoms with Crippen molar-refractivity contribution < 1.29 is 28.4 Å². The molecule has 0 aromatic heterocycles. The SMILES string of the molecule is COc1cc(CN2CCC(NC(=S)Nc3cc(OC)c(OC)c(OC)c3)CC2)cc(OC)c1OC. The molecule has 9 nitrogen and oxygen atoms in total. The Balaban J connectivity index is 1.55. The number of nitrogens with one attached hydrogen (secondary N) is 2. The first-order valence-electron chi connectivity index (χ1n) is 11.3. The van der Waals surface area contributed by atoms with E-state index in [2.05, 4.69) is 15.5 Å². The minimum absolute atomic E-state index is 0.285. The van der Waals surface area contributed by atoms with Crippen LogP contribution in [-0.4, -0.2) is 71.8 Å². The highest BCUT2D eigenvalue weighted by Crippen LogP contribution is 2.40. The van der Waals surface area contributed by atoms with Gasteiger partial charge in [-0.05, 0) is 42.8 Å². The van der Waals surface area contributed by atoms with Crippen LogP contribution in [0.2, 0.25) is 0 Å². The van der Waals surface area contributed by atoms with Gasteiger partial charge in [0.2, 0.25) is 11.5 Å². The Morgan fingerprint density at radius 2 is 1.23 bits per heavy atom. The lowest BCUT2D eigenvalue weighted by Crippen LogP contribution is -2.45. The zero-order chi connectivity index (χ0) is 25.4. The van der Waals surface area contributed by atoms with Gasteiger partial charge in [-0.2, -0.15) is 0 Å². The van der Waals surface area contributed by atoms with Gasteiger partial charge in [-0.3, -0.25) is 4.90 Å². The fourth-order valence-electron chi connectivity index (χ4n) is 4.23. The molecule has 3 rings (SSSR count). The van der Waals surface area contributed by atoms with Crippen molar-refractivity contribution in [3.05, 3.63) is 29.8 Å². The van der Waals surface area contributed by atoms with Gasteiger partial charge < -0.3 is 39.1 Å². The first-order valence-corrected chi connectivity index (χ1v) is 11.8. The van der Waals surface area contributed by atoms with Crippen LogP contribution in [0.1, 0.15) is 18.4 Å². The van der Waals surface area contributed by atoms with E-state index in [0.29, 0.717) is 39.6 Å². The standard InChI is InChI=1S/C25H35N3O6S/c1-29-19-11-16(12-20(30-2)23(19)33-5)15-28-9-7-17(8-10-28)26-25(35)27-18-13-21(31-3)24(34-6)22(14-18)32-4/h11-14,17H,7-10,15H2,1-6H3,(H2,26,27,35). The van der Waals surface area contributed by atoms with Gasteiger partial charge >= 0.3 is 0 Å². The lowest BCUT2D eigenvalue weighted by Gasteiger charge is -2.33. The largest absolute Gasteiger partial charge is 0.493 e. The number of ether oxygens (including phenoxy) is 6. The lowest BCUT2D eigenvalue weighted by atomic mass is 10.0. The number of benzene rings is 2. The molecule has 192 valence electrons. The van der Waals surface area contributed by atoms with Crippen LogP contribution in [0, 0.1) is 0 Å². The molecule has 0 radical (unpaired) electrons. The molecule has 1 fully saturated rings. The molecular formula is C25H35N3O6S. The molecule has 2 aromatic carbocycles. The van der Waals surface area contributed by atoms with E-state index in [-0.39, 0.29) is 6.04 Å². The van der Waals surface area contributed by atoms with Gasteiger partial charge in [0.05, 0.1) is 42.7 Å². The van der Waals surface area contributed by atoms with E-state index in [1.807, 2.05) is 24.3 Å². The lowest BCUT2D eigenvalue weighted by molar-refractivity contribution is 0.198. The minimum atomic E-state index is 0.285. The molecule has 1 aliphatic heterocycles. The van der Waals surface area contributed by atoms with Crippen LogP contribution in [0.3, 0.4) is 0 Å². The average molecular weight is 506 g/mol. The van der Waals surface area contributed by atoms with Crippen molar-refractivity contribution in [2.24, 2.45) is 0 Å². The average Bonchev–Trinajstić information content (AvgIpc) is 2.88. The van der Waals surface area contributed by atoms with Crippen molar-refractivity contribution in [1.29, 1.82) is 0 Å². The molecule has 10 heteroatoms. The monoisotopic (exact) mass is 505 g/mol. The summed E-state index contributed by atoms with van der Waals surface area (Å²) in [5, 5.41) is 7.22. The summed E-state index contributed by atoms with van der Waals surface area (Å²) in [4.78, 5) is 2.41. The van der Waals surface area contributed by atoms with Crippen LogP contribution in [0.15, 0.2) is 24.3 Å². The summed E-state index contributed by atoms with van der Waals surface area (Å²) in [5.41, 5.74) is 1.88.